The molecule has 0 spiro atoms. The number of hydrogen-bond acceptors (Lipinski definition) is 2. The van der Waals surface area contributed by atoms with Gasteiger partial charge in [-0.05, 0) is 37.0 Å². The Morgan fingerprint density at radius 1 is 1.11 bits per heavy atom. The summed E-state index contributed by atoms with van der Waals surface area (Å²) in [5.74, 6) is 1.62. The zero-order valence-corrected chi connectivity index (χ0v) is 12.0. The van der Waals surface area contributed by atoms with Gasteiger partial charge in [0.1, 0.15) is 11.9 Å². The third-order valence-corrected chi connectivity index (χ3v) is 4.80. The van der Waals surface area contributed by atoms with Gasteiger partial charge in [0.15, 0.2) is 0 Å². The Morgan fingerprint density at radius 2 is 1.84 bits per heavy atom. The molecule has 0 saturated heterocycles. The molecule has 1 aliphatic carbocycles. The van der Waals surface area contributed by atoms with Crippen LogP contribution in [0.25, 0.3) is 0 Å². The van der Waals surface area contributed by atoms with Crippen molar-refractivity contribution in [2.45, 2.75) is 57.1 Å². The molecule has 1 saturated carbocycles. The smallest absolute Gasteiger partial charge is 0.124 e. The molecule has 0 bridgehead atoms. The first-order valence-electron chi connectivity index (χ1n) is 7.46. The topological polar surface area (TPSA) is 35.2 Å². The molecule has 2 nitrogen and oxygen atoms in total. The highest BCUT2D eigenvalue weighted by atomic mass is 35.5. The SMILES string of the molecule is N[C@@H]1CC(C2CCCCCC2)Oc2ccc(Cl)cc21. The largest absolute Gasteiger partial charge is 0.490 e. The second-order valence-electron chi connectivity index (χ2n) is 5.93. The van der Waals surface area contributed by atoms with Crippen molar-refractivity contribution in [2.75, 3.05) is 0 Å². The molecule has 0 radical (unpaired) electrons. The Morgan fingerprint density at radius 3 is 2.58 bits per heavy atom. The van der Waals surface area contributed by atoms with Gasteiger partial charge in [0, 0.05) is 23.0 Å². The van der Waals surface area contributed by atoms with Gasteiger partial charge in [-0.2, -0.15) is 0 Å². The first-order valence-corrected chi connectivity index (χ1v) is 7.83. The molecule has 1 aromatic rings. The maximum Gasteiger partial charge on any atom is 0.124 e. The van der Waals surface area contributed by atoms with Crippen molar-refractivity contribution in [3.8, 4) is 5.75 Å². The van der Waals surface area contributed by atoms with Crippen LogP contribution in [0.15, 0.2) is 18.2 Å². The molecule has 0 amide bonds. The fourth-order valence-electron chi connectivity index (χ4n) is 3.48. The van der Waals surface area contributed by atoms with E-state index in [4.69, 9.17) is 22.1 Å². The summed E-state index contributed by atoms with van der Waals surface area (Å²) in [5.41, 5.74) is 7.38. The predicted molar refractivity (Wildman–Crippen MR) is 78.6 cm³/mol. The first-order chi connectivity index (χ1) is 9.24. The number of rotatable bonds is 1. The van der Waals surface area contributed by atoms with Crippen LogP contribution >= 0.6 is 11.6 Å². The van der Waals surface area contributed by atoms with E-state index in [1.807, 2.05) is 18.2 Å². The Labute approximate surface area is 120 Å². The summed E-state index contributed by atoms with van der Waals surface area (Å²) in [6, 6.07) is 5.88. The minimum absolute atomic E-state index is 0.0655. The molecule has 2 N–H and O–H groups in total. The molecule has 3 heteroatoms. The maximum absolute atomic E-state index is 6.31. The molecule has 2 aliphatic rings. The average Bonchev–Trinajstić information content (AvgIpc) is 2.68. The molecule has 19 heavy (non-hydrogen) atoms. The number of fused-ring (bicyclic) bond motifs is 1. The van der Waals surface area contributed by atoms with E-state index in [0.717, 1.165) is 22.8 Å². The van der Waals surface area contributed by atoms with Crippen LogP contribution < -0.4 is 10.5 Å². The van der Waals surface area contributed by atoms with E-state index >= 15 is 0 Å². The number of hydrogen-bond donors (Lipinski definition) is 1. The average molecular weight is 280 g/mol. The van der Waals surface area contributed by atoms with E-state index < -0.39 is 0 Å². The summed E-state index contributed by atoms with van der Waals surface area (Å²) >= 11 is 6.04. The predicted octanol–water partition coefficient (Wildman–Crippen LogP) is 4.46. The van der Waals surface area contributed by atoms with E-state index in [1.54, 1.807) is 0 Å². The van der Waals surface area contributed by atoms with E-state index in [-0.39, 0.29) is 6.04 Å². The quantitative estimate of drug-likeness (QED) is 0.770. The number of nitrogens with two attached hydrogens (primary N) is 1. The molecule has 0 aromatic heterocycles. The molecule has 1 fully saturated rings. The lowest BCUT2D eigenvalue weighted by Gasteiger charge is -2.35. The van der Waals surface area contributed by atoms with Crippen LogP contribution in [0.1, 0.15) is 56.6 Å². The summed E-state index contributed by atoms with van der Waals surface area (Å²) in [7, 11) is 0. The van der Waals surface area contributed by atoms with Gasteiger partial charge < -0.3 is 10.5 Å². The third-order valence-electron chi connectivity index (χ3n) is 4.56. The monoisotopic (exact) mass is 279 g/mol. The molecule has 1 aromatic carbocycles. The zero-order valence-electron chi connectivity index (χ0n) is 11.3. The number of halogens is 1. The van der Waals surface area contributed by atoms with Crippen molar-refractivity contribution in [3.05, 3.63) is 28.8 Å². The van der Waals surface area contributed by atoms with Crippen molar-refractivity contribution < 1.29 is 4.74 Å². The third kappa shape index (κ3) is 2.90. The number of benzene rings is 1. The minimum Gasteiger partial charge on any atom is -0.490 e. The first kappa shape index (κ1) is 13.3. The van der Waals surface area contributed by atoms with Gasteiger partial charge in [-0.15, -0.1) is 0 Å². The summed E-state index contributed by atoms with van der Waals surface area (Å²) in [6.07, 6.45) is 9.24. The highest BCUT2D eigenvalue weighted by molar-refractivity contribution is 6.30. The van der Waals surface area contributed by atoms with E-state index in [9.17, 15) is 0 Å². The molecular weight excluding hydrogens is 258 g/mol. The summed E-state index contributed by atoms with van der Waals surface area (Å²) < 4.78 is 6.21. The van der Waals surface area contributed by atoms with Crippen LogP contribution in [-0.4, -0.2) is 6.10 Å². The van der Waals surface area contributed by atoms with Crippen LogP contribution in [-0.2, 0) is 0 Å². The van der Waals surface area contributed by atoms with E-state index in [1.165, 1.54) is 38.5 Å². The van der Waals surface area contributed by atoms with Crippen molar-refractivity contribution in [1.82, 2.24) is 0 Å². The highest BCUT2D eigenvalue weighted by Crippen LogP contribution is 2.39. The Balaban J connectivity index is 1.78. The standard InChI is InChI=1S/C16H22ClNO/c17-12-7-8-15-13(9-12)14(18)10-16(19-15)11-5-3-1-2-4-6-11/h7-9,11,14,16H,1-6,10,18H2/t14-,16?/m1/s1. The van der Waals surface area contributed by atoms with Gasteiger partial charge >= 0.3 is 0 Å². The second-order valence-corrected chi connectivity index (χ2v) is 6.37. The fraction of sp³-hybridized carbons (Fsp3) is 0.625. The molecule has 1 aliphatic heterocycles. The fourth-order valence-corrected chi connectivity index (χ4v) is 3.66. The number of ether oxygens (including phenoxy) is 1. The van der Waals surface area contributed by atoms with Crippen molar-refractivity contribution in [2.24, 2.45) is 11.7 Å². The van der Waals surface area contributed by atoms with Gasteiger partial charge in [-0.3, -0.25) is 0 Å². The van der Waals surface area contributed by atoms with Gasteiger partial charge in [0.05, 0.1) is 0 Å². The lowest BCUT2D eigenvalue weighted by molar-refractivity contribution is 0.0906. The lowest BCUT2D eigenvalue weighted by atomic mass is 9.86. The summed E-state index contributed by atoms with van der Waals surface area (Å²) in [6.45, 7) is 0. The molecule has 3 rings (SSSR count). The maximum atomic E-state index is 6.31. The van der Waals surface area contributed by atoms with Crippen LogP contribution in [0.4, 0.5) is 0 Å². The lowest BCUT2D eigenvalue weighted by Crippen LogP contribution is -2.35. The molecule has 1 heterocycles. The van der Waals surface area contributed by atoms with Crippen LogP contribution in [0.2, 0.25) is 5.02 Å². The minimum atomic E-state index is 0.0655. The van der Waals surface area contributed by atoms with Crippen molar-refractivity contribution in [3.63, 3.8) is 0 Å². The Kier molecular flexibility index (Phi) is 3.99. The van der Waals surface area contributed by atoms with Crippen LogP contribution in [0.3, 0.4) is 0 Å². The zero-order chi connectivity index (χ0) is 13.2. The van der Waals surface area contributed by atoms with Crippen molar-refractivity contribution >= 4 is 11.6 Å². The summed E-state index contributed by atoms with van der Waals surface area (Å²) in [5, 5.41) is 0.741. The molecule has 1 unspecified atom stereocenters. The highest BCUT2D eigenvalue weighted by Gasteiger charge is 2.32. The van der Waals surface area contributed by atoms with Gasteiger partial charge in [-0.25, -0.2) is 0 Å². The van der Waals surface area contributed by atoms with Crippen molar-refractivity contribution in [1.29, 1.82) is 0 Å². The van der Waals surface area contributed by atoms with E-state index in [2.05, 4.69) is 0 Å². The van der Waals surface area contributed by atoms with Crippen LogP contribution in [0.5, 0.6) is 5.75 Å². The normalized spacial score (nSPS) is 28.3. The second kappa shape index (κ2) is 5.72. The summed E-state index contributed by atoms with van der Waals surface area (Å²) in [4.78, 5) is 0. The molecule has 2 atom stereocenters. The molecular formula is C16H22ClNO. The van der Waals surface area contributed by atoms with Gasteiger partial charge in [0.2, 0.25) is 0 Å². The van der Waals surface area contributed by atoms with Gasteiger partial charge in [-0.1, -0.05) is 37.3 Å². The van der Waals surface area contributed by atoms with Gasteiger partial charge in [0.25, 0.3) is 0 Å². The van der Waals surface area contributed by atoms with E-state index in [0.29, 0.717) is 12.0 Å². The Bertz CT molecular complexity index is 440. The van der Waals surface area contributed by atoms with Crippen LogP contribution in [0, 0.1) is 5.92 Å². The molecule has 104 valence electrons. The Hall–Kier alpha value is -0.730.